The first-order chi connectivity index (χ1) is 13.4. The van der Waals surface area contributed by atoms with Gasteiger partial charge < -0.3 is 10.1 Å². The molecule has 0 unspecified atom stereocenters. The van der Waals surface area contributed by atoms with Crippen molar-refractivity contribution in [1.29, 1.82) is 0 Å². The van der Waals surface area contributed by atoms with Gasteiger partial charge >= 0.3 is 6.09 Å². The van der Waals surface area contributed by atoms with Gasteiger partial charge in [-0.1, -0.05) is 6.07 Å². The Hall–Kier alpha value is -3.55. The predicted molar refractivity (Wildman–Crippen MR) is 100 cm³/mol. The first-order valence-corrected chi connectivity index (χ1v) is 8.59. The van der Waals surface area contributed by atoms with Gasteiger partial charge in [0, 0.05) is 13.1 Å². The molecule has 1 aliphatic rings. The van der Waals surface area contributed by atoms with E-state index < -0.39 is 23.8 Å². The number of ketones is 1. The number of nitrogens with zero attached hydrogens (tertiary/aromatic N) is 2. The molecule has 2 amide bonds. The van der Waals surface area contributed by atoms with Crippen LogP contribution in [0.3, 0.4) is 0 Å². The van der Waals surface area contributed by atoms with Crippen molar-refractivity contribution >= 4 is 29.5 Å². The summed E-state index contributed by atoms with van der Waals surface area (Å²) in [5, 5.41) is 2.57. The van der Waals surface area contributed by atoms with Gasteiger partial charge in [-0.05, 0) is 42.5 Å². The lowest BCUT2D eigenvalue weighted by molar-refractivity contribution is -0.119. The first-order valence-electron chi connectivity index (χ1n) is 8.59. The van der Waals surface area contributed by atoms with Gasteiger partial charge in [0.05, 0.1) is 30.0 Å². The number of pyridine rings is 1. The van der Waals surface area contributed by atoms with Crippen molar-refractivity contribution in [2.45, 2.75) is 13.0 Å². The number of allylic oxidation sites excluding steroid dienone is 1. The van der Waals surface area contributed by atoms with Crippen LogP contribution in [0.15, 0.2) is 48.7 Å². The molecule has 28 heavy (non-hydrogen) atoms. The van der Waals surface area contributed by atoms with Gasteiger partial charge in [-0.15, -0.1) is 0 Å². The van der Waals surface area contributed by atoms with Crippen molar-refractivity contribution in [1.82, 2.24) is 10.3 Å². The molecule has 0 spiro atoms. The molecule has 7 nitrogen and oxygen atoms in total. The van der Waals surface area contributed by atoms with E-state index in [1.165, 1.54) is 36.1 Å². The number of ether oxygens (including phenoxy) is 1. The Bertz CT molecular complexity index is 930. The standard InChI is InChI=1S/C20H18FN3O4/c1-13(25)23-11-16-12-24(20(27)28-16)15-6-7-17(18(21)10-15)19(26)8-5-14-4-2-3-9-22-14/h2-10,16H,11-12H2,1H3,(H,23,25)/b8-5+/t16-/m0/s1. The van der Waals surface area contributed by atoms with Crippen LogP contribution < -0.4 is 10.2 Å². The highest BCUT2D eigenvalue weighted by Gasteiger charge is 2.32. The normalized spacial score (nSPS) is 16.3. The molecular formula is C20H18FN3O4. The second kappa shape index (κ2) is 8.43. The Labute approximate surface area is 160 Å². The molecule has 1 aliphatic heterocycles. The lowest BCUT2D eigenvalue weighted by atomic mass is 10.1. The molecule has 1 saturated heterocycles. The lowest BCUT2D eigenvalue weighted by Gasteiger charge is -2.14. The highest BCUT2D eigenvalue weighted by atomic mass is 19.1. The van der Waals surface area contributed by atoms with E-state index >= 15 is 0 Å². The topological polar surface area (TPSA) is 88.6 Å². The number of anilines is 1. The second-order valence-electron chi connectivity index (χ2n) is 6.17. The number of benzene rings is 1. The predicted octanol–water partition coefficient (Wildman–Crippen LogP) is 2.58. The van der Waals surface area contributed by atoms with Gasteiger partial charge in [0.1, 0.15) is 11.9 Å². The number of hydrogen-bond donors (Lipinski definition) is 1. The third-order valence-corrected chi connectivity index (χ3v) is 4.08. The van der Waals surface area contributed by atoms with E-state index in [2.05, 4.69) is 10.3 Å². The molecule has 0 aliphatic carbocycles. The maximum Gasteiger partial charge on any atom is 0.414 e. The largest absolute Gasteiger partial charge is 0.442 e. The van der Waals surface area contributed by atoms with Gasteiger partial charge in [-0.25, -0.2) is 9.18 Å². The molecular weight excluding hydrogens is 365 g/mol. The molecule has 144 valence electrons. The minimum atomic E-state index is -0.744. The fourth-order valence-electron chi connectivity index (χ4n) is 2.69. The quantitative estimate of drug-likeness (QED) is 0.612. The fraction of sp³-hybridized carbons (Fsp3) is 0.200. The van der Waals surface area contributed by atoms with Crippen molar-refractivity contribution < 1.29 is 23.5 Å². The monoisotopic (exact) mass is 383 g/mol. The summed E-state index contributed by atoms with van der Waals surface area (Å²) in [6.07, 6.45) is 3.17. The van der Waals surface area contributed by atoms with Crippen molar-refractivity contribution in [3.63, 3.8) is 0 Å². The van der Waals surface area contributed by atoms with Gasteiger partial charge in [0.15, 0.2) is 5.78 Å². The summed E-state index contributed by atoms with van der Waals surface area (Å²) in [4.78, 5) is 40.5. The molecule has 2 aromatic rings. The van der Waals surface area contributed by atoms with Crippen molar-refractivity contribution in [3.8, 4) is 0 Å². The molecule has 1 N–H and O–H groups in total. The van der Waals surface area contributed by atoms with E-state index in [-0.39, 0.29) is 30.2 Å². The Morgan fingerprint density at radius 2 is 2.18 bits per heavy atom. The van der Waals surface area contributed by atoms with E-state index in [0.717, 1.165) is 6.07 Å². The number of halogens is 1. The third-order valence-electron chi connectivity index (χ3n) is 4.08. The van der Waals surface area contributed by atoms with Crippen LogP contribution in [-0.4, -0.2) is 42.0 Å². The zero-order valence-electron chi connectivity index (χ0n) is 15.1. The summed E-state index contributed by atoms with van der Waals surface area (Å²) < 4.78 is 19.6. The summed E-state index contributed by atoms with van der Waals surface area (Å²) in [5.41, 5.74) is 0.745. The molecule has 1 atom stereocenters. The summed E-state index contributed by atoms with van der Waals surface area (Å²) in [5.74, 6) is -1.49. The molecule has 1 fully saturated rings. The molecule has 1 aromatic heterocycles. The fourth-order valence-corrected chi connectivity index (χ4v) is 2.69. The molecule has 8 heteroatoms. The average Bonchev–Trinajstić information content (AvgIpc) is 3.06. The number of nitrogens with one attached hydrogen (secondary N) is 1. The van der Waals surface area contributed by atoms with Crippen LogP contribution in [0, 0.1) is 5.82 Å². The van der Waals surface area contributed by atoms with Crippen molar-refractivity contribution in [2.75, 3.05) is 18.0 Å². The summed E-state index contributed by atoms with van der Waals surface area (Å²) >= 11 is 0. The van der Waals surface area contributed by atoms with Gasteiger partial charge in [-0.2, -0.15) is 0 Å². The number of aromatic nitrogens is 1. The van der Waals surface area contributed by atoms with E-state index in [0.29, 0.717) is 5.69 Å². The Balaban J connectivity index is 1.70. The highest BCUT2D eigenvalue weighted by Crippen LogP contribution is 2.24. The Kier molecular flexibility index (Phi) is 5.78. The minimum absolute atomic E-state index is 0.113. The van der Waals surface area contributed by atoms with Gasteiger partial charge in [-0.3, -0.25) is 19.5 Å². The number of hydrogen-bond acceptors (Lipinski definition) is 5. The number of carbonyl (C=O) groups is 3. The van der Waals surface area contributed by atoms with Crippen LogP contribution >= 0.6 is 0 Å². The molecule has 0 saturated carbocycles. The van der Waals surface area contributed by atoms with Crippen molar-refractivity contribution in [2.24, 2.45) is 0 Å². The van der Waals surface area contributed by atoms with E-state index in [4.69, 9.17) is 4.74 Å². The average molecular weight is 383 g/mol. The maximum atomic E-state index is 14.5. The van der Waals surface area contributed by atoms with Crippen LogP contribution in [0.2, 0.25) is 0 Å². The number of cyclic esters (lactones) is 1. The summed E-state index contributed by atoms with van der Waals surface area (Å²) in [6, 6.07) is 9.17. The smallest absolute Gasteiger partial charge is 0.414 e. The third kappa shape index (κ3) is 4.59. The van der Waals surface area contributed by atoms with Crippen LogP contribution in [0.5, 0.6) is 0 Å². The molecule has 3 rings (SSSR count). The second-order valence-corrected chi connectivity index (χ2v) is 6.17. The van der Waals surface area contributed by atoms with Crippen LogP contribution in [0.1, 0.15) is 23.0 Å². The Morgan fingerprint density at radius 1 is 1.36 bits per heavy atom. The highest BCUT2D eigenvalue weighted by molar-refractivity contribution is 6.07. The zero-order valence-corrected chi connectivity index (χ0v) is 15.1. The summed E-state index contributed by atoms with van der Waals surface area (Å²) in [7, 11) is 0. The first kappa shape index (κ1) is 19.2. The minimum Gasteiger partial charge on any atom is -0.442 e. The molecule has 0 bridgehead atoms. The van der Waals surface area contributed by atoms with Crippen LogP contribution in [0.4, 0.5) is 14.9 Å². The molecule has 0 radical (unpaired) electrons. The van der Waals surface area contributed by atoms with Crippen LogP contribution in [-0.2, 0) is 9.53 Å². The Morgan fingerprint density at radius 3 is 2.86 bits per heavy atom. The number of rotatable bonds is 6. The maximum absolute atomic E-state index is 14.5. The number of amides is 2. The molecule has 2 heterocycles. The van der Waals surface area contributed by atoms with E-state index in [1.54, 1.807) is 24.4 Å². The van der Waals surface area contributed by atoms with E-state index in [9.17, 15) is 18.8 Å². The van der Waals surface area contributed by atoms with Crippen molar-refractivity contribution in [3.05, 3.63) is 65.7 Å². The van der Waals surface area contributed by atoms with E-state index in [1.807, 2.05) is 0 Å². The molecule has 1 aromatic carbocycles. The SMILES string of the molecule is CC(=O)NC[C@H]1CN(c2ccc(C(=O)/C=C/c3ccccn3)c(F)c2)C(=O)O1. The van der Waals surface area contributed by atoms with Gasteiger partial charge in [0.2, 0.25) is 5.91 Å². The van der Waals surface area contributed by atoms with Crippen LogP contribution in [0.25, 0.3) is 6.08 Å². The summed E-state index contributed by atoms with van der Waals surface area (Å²) in [6.45, 7) is 1.71. The number of carbonyl (C=O) groups excluding carboxylic acids is 3. The zero-order chi connectivity index (χ0) is 20.1. The van der Waals surface area contributed by atoms with Gasteiger partial charge in [0.25, 0.3) is 0 Å². The lowest BCUT2D eigenvalue weighted by Crippen LogP contribution is -2.33.